The van der Waals surface area contributed by atoms with Crippen molar-refractivity contribution >= 4 is 32.4 Å². The van der Waals surface area contributed by atoms with Crippen molar-refractivity contribution in [3.8, 4) is 17.0 Å². The maximum atomic E-state index is 13.9. The summed E-state index contributed by atoms with van der Waals surface area (Å²) in [5.41, 5.74) is 1.24. The molecular weight excluding hydrogens is 429 g/mol. The van der Waals surface area contributed by atoms with Gasteiger partial charge in [-0.3, -0.25) is 10.1 Å². The van der Waals surface area contributed by atoms with E-state index in [9.17, 15) is 17.6 Å². The van der Waals surface area contributed by atoms with E-state index in [2.05, 4.69) is 15.0 Å². The second kappa shape index (κ2) is 8.13. The molecule has 1 aromatic heterocycles. The van der Waals surface area contributed by atoms with Crippen LogP contribution in [-0.4, -0.2) is 32.5 Å². The normalized spacial score (nSPS) is 13.8. The number of thiazole rings is 1. The molecule has 156 valence electrons. The topological polar surface area (TPSA) is 97.4 Å². The van der Waals surface area contributed by atoms with Gasteiger partial charge in [0, 0.05) is 22.5 Å². The van der Waals surface area contributed by atoms with Gasteiger partial charge in [-0.1, -0.05) is 6.07 Å². The van der Waals surface area contributed by atoms with Crippen LogP contribution in [0.25, 0.3) is 11.3 Å². The van der Waals surface area contributed by atoms with E-state index in [1.165, 1.54) is 54.8 Å². The van der Waals surface area contributed by atoms with Gasteiger partial charge in [-0.2, -0.15) is 0 Å². The molecule has 0 spiro atoms. The van der Waals surface area contributed by atoms with Crippen LogP contribution in [0.15, 0.2) is 52.7 Å². The van der Waals surface area contributed by atoms with Crippen molar-refractivity contribution in [3.05, 3.63) is 59.2 Å². The number of methoxy groups -OCH3 is 1. The van der Waals surface area contributed by atoms with Gasteiger partial charge in [-0.15, -0.1) is 11.3 Å². The average molecular weight is 448 g/mol. The van der Waals surface area contributed by atoms with Gasteiger partial charge in [0.15, 0.2) is 16.7 Å². The first-order valence-corrected chi connectivity index (χ1v) is 11.5. The molecule has 0 radical (unpaired) electrons. The predicted molar refractivity (Wildman–Crippen MR) is 112 cm³/mol. The molecule has 1 fully saturated rings. The number of sulfonamides is 1. The number of nitrogens with zero attached hydrogens (tertiary/aromatic N) is 1. The van der Waals surface area contributed by atoms with E-state index in [1.54, 1.807) is 11.4 Å². The zero-order chi connectivity index (χ0) is 21.3. The first-order chi connectivity index (χ1) is 14.4. The van der Waals surface area contributed by atoms with Gasteiger partial charge in [-0.25, -0.2) is 22.5 Å². The lowest BCUT2D eigenvalue weighted by molar-refractivity contribution is 0.102. The monoisotopic (exact) mass is 447 g/mol. The number of halogens is 1. The first-order valence-electron chi connectivity index (χ1n) is 9.09. The number of hydrogen-bond acceptors (Lipinski definition) is 6. The molecule has 30 heavy (non-hydrogen) atoms. The number of benzene rings is 2. The third-order valence-corrected chi connectivity index (χ3v) is 6.75. The summed E-state index contributed by atoms with van der Waals surface area (Å²) in [6.07, 6.45) is 1.65. The van der Waals surface area contributed by atoms with Gasteiger partial charge >= 0.3 is 0 Å². The van der Waals surface area contributed by atoms with E-state index in [4.69, 9.17) is 4.74 Å². The molecule has 0 atom stereocenters. The molecule has 1 heterocycles. The van der Waals surface area contributed by atoms with E-state index in [0.717, 1.165) is 12.8 Å². The Balaban J connectivity index is 1.50. The van der Waals surface area contributed by atoms with Crippen LogP contribution in [0.3, 0.4) is 0 Å². The second-order valence-electron chi connectivity index (χ2n) is 6.76. The molecule has 10 heteroatoms. The largest absolute Gasteiger partial charge is 0.494 e. The number of aromatic nitrogens is 1. The number of amides is 1. The van der Waals surface area contributed by atoms with Crippen molar-refractivity contribution in [1.82, 2.24) is 9.71 Å². The van der Waals surface area contributed by atoms with Gasteiger partial charge in [0.25, 0.3) is 5.91 Å². The Kier molecular flexibility index (Phi) is 5.54. The predicted octanol–water partition coefficient (Wildman–Crippen LogP) is 3.65. The van der Waals surface area contributed by atoms with Crippen LogP contribution in [0, 0.1) is 5.82 Å². The molecule has 2 N–H and O–H groups in total. The zero-order valence-electron chi connectivity index (χ0n) is 15.9. The summed E-state index contributed by atoms with van der Waals surface area (Å²) in [7, 11) is -2.27. The van der Waals surface area contributed by atoms with Crippen LogP contribution in [0.4, 0.5) is 9.52 Å². The Hall–Kier alpha value is -2.82. The molecule has 4 rings (SSSR count). The lowest BCUT2D eigenvalue weighted by Crippen LogP contribution is -2.26. The van der Waals surface area contributed by atoms with Crippen molar-refractivity contribution in [2.75, 3.05) is 12.4 Å². The Morgan fingerprint density at radius 2 is 2.03 bits per heavy atom. The first kappa shape index (κ1) is 20.5. The fraction of sp³-hybridized carbons (Fsp3) is 0.200. The summed E-state index contributed by atoms with van der Waals surface area (Å²) in [5.74, 6) is -0.861. The average Bonchev–Trinajstić information content (AvgIpc) is 3.41. The van der Waals surface area contributed by atoms with Crippen LogP contribution in [0.2, 0.25) is 0 Å². The van der Waals surface area contributed by atoms with E-state index in [1.807, 2.05) is 0 Å². The van der Waals surface area contributed by atoms with Gasteiger partial charge in [0.1, 0.15) is 0 Å². The van der Waals surface area contributed by atoms with Crippen LogP contribution >= 0.6 is 11.3 Å². The molecule has 1 amide bonds. The number of anilines is 1. The molecule has 2 aromatic carbocycles. The summed E-state index contributed by atoms with van der Waals surface area (Å²) in [5, 5.41) is 4.66. The van der Waals surface area contributed by atoms with Crippen LogP contribution in [-0.2, 0) is 10.0 Å². The zero-order valence-corrected chi connectivity index (χ0v) is 17.5. The maximum Gasteiger partial charge on any atom is 0.257 e. The quantitative estimate of drug-likeness (QED) is 0.576. The van der Waals surface area contributed by atoms with Crippen molar-refractivity contribution in [3.63, 3.8) is 0 Å². The highest BCUT2D eigenvalue weighted by atomic mass is 32.2. The van der Waals surface area contributed by atoms with E-state index in [-0.39, 0.29) is 22.3 Å². The molecule has 0 saturated heterocycles. The van der Waals surface area contributed by atoms with E-state index < -0.39 is 21.7 Å². The number of rotatable bonds is 7. The highest BCUT2D eigenvalue weighted by molar-refractivity contribution is 7.89. The number of ether oxygens (including phenoxy) is 1. The smallest absolute Gasteiger partial charge is 0.257 e. The summed E-state index contributed by atoms with van der Waals surface area (Å²) in [6, 6.07) is 10.3. The van der Waals surface area contributed by atoms with E-state index >= 15 is 0 Å². The van der Waals surface area contributed by atoms with Crippen molar-refractivity contribution in [2.45, 2.75) is 23.8 Å². The summed E-state index contributed by atoms with van der Waals surface area (Å²) < 4.78 is 46.1. The Bertz CT molecular complexity index is 1210. The number of nitrogens with one attached hydrogen (secondary N) is 2. The van der Waals surface area contributed by atoms with Crippen molar-refractivity contribution in [1.29, 1.82) is 0 Å². The molecule has 1 aliphatic rings. The molecule has 0 aliphatic heterocycles. The third-order valence-electron chi connectivity index (χ3n) is 4.48. The Morgan fingerprint density at radius 1 is 1.23 bits per heavy atom. The fourth-order valence-electron chi connectivity index (χ4n) is 2.75. The van der Waals surface area contributed by atoms with Gasteiger partial charge in [-0.05, 0) is 49.2 Å². The molecule has 1 aliphatic carbocycles. The maximum absolute atomic E-state index is 13.9. The standard InChI is InChI=1S/C20H18FN3O4S2/c1-28-18-8-5-12(10-16(18)21)17-11-29-20(22-17)23-19(25)13-3-2-4-15(9-13)30(26,27)24-14-6-7-14/h2-5,8-11,14,24H,6-7H2,1H3,(H,22,23,25). The Morgan fingerprint density at radius 3 is 2.73 bits per heavy atom. The third kappa shape index (κ3) is 4.50. The van der Waals surface area contributed by atoms with Crippen LogP contribution in [0.5, 0.6) is 5.75 Å². The van der Waals surface area contributed by atoms with Crippen molar-refractivity contribution < 1.29 is 22.3 Å². The highest BCUT2D eigenvalue weighted by Crippen LogP contribution is 2.29. The SMILES string of the molecule is COc1ccc(-c2csc(NC(=O)c3cccc(S(=O)(=O)NC4CC4)c3)n2)cc1F. The van der Waals surface area contributed by atoms with Gasteiger partial charge < -0.3 is 4.74 Å². The lowest BCUT2D eigenvalue weighted by atomic mass is 10.1. The minimum Gasteiger partial charge on any atom is -0.494 e. The van der Waals surface area contributed by atoms with Crippen LogP contribution in [0.1, 0.15) is 23.2 Å². The molecule has 7 nitrogen and oxygen atoms in total. The Labute approximate surface area is 177 Å². The number of carbonyl (C=O) groups excluding carboxylic acids is 1. The van der Waals surface area contributed by atoms with Gasteiger partial charge in [0.05, 0.1) is 17.7 Å². The molecule has 1 saturated carbocycles. The number of carbonyl (C=O) groups is 1. The fourth-order valence-corrected chi connectivity index (χ4v) is 4.82. The van der Waals surface area contributed by atoms with E-state index in [0.29, 0.717) is 16.4 Å². The molecular formula is C20H18FN3O4S2. The van der Waals surface area contributed by atoms with Crippen LogP contribution < -0.4 is 14.8 Å². The summed E-state index contributed by atoms with van der Waals surface area (Å²) >= 11 is 1.18. The summed E-state index contributed by atoms with van der Waals surface area (Å²) in [6.45, 7) is 0. The highest BCUT2D eigenvalue weighted by Gasteiger charge is 2.28. The molecule has 0 unspecified atom stereocenters. The minimum atomic E-state index is -3.66. The minimum absolute atomic E-state index is 0.0241. The van der Waals surface area contributed by atoms with Gasteiger partial charge in [0.2, 0.25) is 10.0 Å². The summed E-state index contributed by atoms with van der Waals surface area (Å²) in [4.78, 5) is 16.9. The second-order valence-corrected chi connectivity index (χ2v) is 9.34. The molecule has 3 aromatic rings. The molecule has 0 bridgehead atoms. The number of hydrogen-bond donors (Lipinski definition) is 2. The lowest BCUT2D eigenvalue weighted by Gasteiger charge is -2.07. The van der Waals surface area contributed by atoms with Crippen molar-refractivity contribution in [2.24, 2.45) is 0 Å².